The maximum atomic E-state index is 6.07. The zero-order chi connectivity index (χ0) is 14.4. The van der Waals surface area contributed by atoms with Crippen LogP contribution in [0, 0.1) is 6.92 Å². The van der Waals surface area contributed by atoms with E-state index < -0.39 is 0 Å². The SMILES string of the molecule is Cc1ccc2c(c1)-c1nc(N3CCCC(N)C3)ncc1C2. The number of aromatic nitrogens is 2. The van der Waals surface area contributed by atoms with Gasteiger partial charge in [-0.05, 0) is 31.4 Å². The van der Waals surface area contributed by atoms with Gasteiger partial charge in [-0.15, -0.1) is 0 Å². The minimum Gasteiger partial charge on any atom is -0.339 e. The Morgan fingerprint density at radius 2 is 2.19 bits per heavy atom. The average molecular weight is 280 g/mol. The molecule has 1 atom stereocenters. The summed E-state index contributed by atoms with van der Waals surface area (Å²) in [6.07, 6.45) is 5.17. The molecule has 4 nitrogen and oxygen atoms in total. The second-order valence-electron chi connectivity index (χ2n) is 6.23. The summed E-state index contributed by atoms with van der Waals surface area (Å²) in [6, 6.07) is 6.86. The van der Waals surface area contributed by atoms with Crippen LogP contribution in [0.15, 0.2) is 24.4 Å². The van der Waals surface area contributed by atoms with E-state index in [9.17, 15) is 0 Å². The number of nitrogens with zero attached hydrogens (tertiary/aromatic N) is 3. The molecule has 1 aliphatic carbocycles. The highest BCUT2D eigenvalue weighted by Crippen LogP contribution is 2.36. The highest BCUT2D eigenvalue weighted by atomic mass is 15.3. The third-order valence-corrected chi connectivity index (χ3v) is 4.49. The summed E-state index contributed by atoms with van der Waals surface area (Å²) in [7, 11) is 0. The van der Waals surface area contributed by atoms with Crippen molar-refractivity contribution in [3.05, 3.63) is 41.1 Å². The molecule has 1 aliphatic heterocycles. The monoisotopic (exact) mass is 280 g/mol. The van der Waals surface area contributed by atoms with Gasteiger partial charge >= 0.3 is 0 Å². The smallest absolute Gasteiger partial charge is 0.225 e. The number of aryl methyl sites for hydroxylation is 1. The molecule has 0 radical (unpaired) electrons. The van der Waals surface area contributed by atoms with Crippen molar-refractivity contribution in [3.63, 3.8) is 0 Å². The van der Waals surface area contributed by atoms with Crippen LogP contribution in [0.25, 0.3) is 11.3 Å². The zero-order valence-corrected chi connectivity index (χ0v) is 12.3. The number of nitrogens with two attached hydrogens (primary N) is 1. The Labute approximate surface area is 125 Å². The fourth-order valence-corrected chi connectivity index (χ4v) is 3.37. The molecule has 1 aromatic heterocycles. The number of fused-ring (bicyclic) bond motifs is 3. The molecule has 108 valence electrons. The van der Waals surface area contributed by atoms with Crippen molar-refractivity contribution in [2.45, 2.75) is 32.2 Å². The lowest BCUT2D eigenvalue weighted by Crippen LogP contribution is -2.43. The van der Waals surface area contributed by atoms with Crippen molar-refractivity contribution in [1.82, 2.24) is 9.97 Å². The molecule has 1 aromatic carbocycles. The summed E-state index contributed by atoms with van der Waals surface area (Å²) in [6.45, 7) is 4.00. The number of piperidine rings is 1. The van der Waals surface area contributed by atoms with Gasteiger partial charge in [0.25, 0.3) is 0 Å². The predicted molar refractivity (Wildman–Crippen MR) is 84.4 cm³/mol. The van der Waals surface area contributed by atoms with Crippen LogP contribution < -0.4 is 10.6 Å². The van der Waals surface area contributed by atoms with Crippen LogP contribution >= 0.6 is 0 Å². The summed E-state index contributed by atoms with van der Waals surface area (Å²) in [5.74, 6) is 0.832. The predicted octanol–water partition coefficient (Wildman–Crippen LogP) is 2.28. The van der Waals surface area contributed by atoms with Gasteiger partial charge in [0.05, 0.1) is 5.69 Å². The van der Waals surface area contributed by atoms with Crippen molar-refractivity contribution in [3.8, 4) is 11.3 Å². The molecule has 2 aromatic rings. The van der Waals surface area contributed by atoms with E-state index in [0.717, 1.165) is 44.0 Å². The lowest BCUT2D eigenvalue weighted by Gasteiger charge is -2.30. The van der Waals surface area contributed by atoms with Gasteiger partial charge in [0.1, 0.15) is 0 Å². The Hall–Kier alpha value is -1.94. The molecule has 2 N–H and O–H groups in total. The molecular weight excluding hydrogens is 260 g/mol. The van der Waals surface area contributed by atoms with Crippen LogP contribution in [0.1, 0.15) is 29.5 Å². The van der Waals surface area contributed by atoms with E-state index >= 15 is 0 Å². The quantitative estimate of drug-likeness (QED) is 0.743. The molecule has 4 heteroatoms. The van der Waals surface area contributed by atoms with Crippen LogP contribution in [0.5, 0.6) is 0 Å². The lowest BCUT2D eigenvalue weighted by molar-refractivity contribution is 0.500. The first kappa shape index (κ1) is 12.8. The van der Waals surface area contributed by atoms with Crippen molar-refractivity contribution in [1.29, 1.82) is 0 Å². The van der Waals surface area contributed by atoms with Crippen LogP contribution in [-0.4, -0.2) is 29.1 Å². The van der Waals surface area contributed by atoms with Gasteiger partial charge in [-0.2, -0.15) is 0 Å². The van der Waals surface area contributed by atoms with Gasteiger partial charge in [0.2, 0.25) is 5.95 Å². The Kier molecular flexibility index (Phi) is 2.93. The maximum Gasteiger partial charge on any atom is 0.225 e. The van der Waals surface area contributed by atoms with Gasteiger partial charge in [0.15, 0.2) is 0 Å². The van der Waals surface area contributed by atoms with Crippen molar-refractivity contribution in [2.75, 3.05) is 18.0 Å². The van der Waals surface area contributed by atoms with Gasteiger partial charge in [-0.3, -0.25) is 0 Å². The first-order valence-electron chi connectivity index (χ1n) is 7.67. The molecule has 1 fully saturated rings. The normalized spacial score (nSPS) is 20.3. The van der Waals surface area contributed by atoms with E-state index in [-0.39, 0.29) is 6.04 Å². The minimum absolute atomic E-state index is 0.241. The standard InChI is InChI=1S/C17H20N4/c1-11-4-5-12-8-13-9-19-17(20-16(13)15(12)7-11)21-6-2-3-14(18)10-21/h4-5,7,9,14H,2-3,6,8,10,18H2,1H3. The van der Waals surface area contributed by atoms with Gasteiger partial charge < -0.3 is 10.6 Å². The van der Waals surface area contributed by atoms with Gasteiger partial charge in [-0.25, -0.2) is 9.97 Å². The summed E-state index contributed by atoms with van der Waals surface area (Å²) in [5.41, 5.74) is 12.3. The third-order valence-electron chi connectivity index (χ3n) is 4.49. The number of anilines is 1. The van der Waals surface area contributed by atoms with E-state index in [4.69, 9.17) is 10.7 Å². The Morgan fingerprint density at radius 3 is 3.05 bits per heavy atom. The lowest BCUT2D eigenvalue weighted by atomic mass is 10.1. The Morgan fingerprint density at radius 1 is 1.29 bits per heavy atom. The van der Waals surface area contributed by atoms with E-state index in [1.54, 1.807) is 0 Å². The molecule has 4 rings (SSSR count). The number of hydrogen-bond acceptors (Lipinski definition) is 4. The largest absolute Gasteiger partial charge is 0.339 e. The fourth-order valence-electron chi connectivity index (χ4n) is 3.37. The van der Waals surface area contributed by atoms with E-state index in [2.05, 4.69) is 35.0 Å². The Balaban J connectivity index is 1.73. The highest BCUT2D eigenvalue weighted by molar-refractivity contribution is 5.74. The van der Waals surface area contributed by atoms with Crippen LogP contribution in [0.3, 0.4) is 0 Å². The molecule has 0 saturated carbocycles. The second kappa shape index (κ2) is 4.81. The first-order chi connectivity index (χ1) is 10.2. The Bertz CT molecular complexity index is 695. The number of hydrogen-bond donors (Lipinski definition) is 1. The van der Waals surface area contributed by atoms with Crippen LogP contribution in [0.4, 0.5) is 5.95 Å². The summed E-state index contributed by atoms with van der Waals surface area (Å²) in [4.78, 5) is 11.7. The highest BCUT2D eigenvalue weighted by Gasteiger charge is 2.24. The van der Waals surface area contributed by atoms with Gasteiger partial charge in [0, 0.05) is 42.9 Å². The van der Waals surface area contributed by atoms with Gasteiger partial charge in [-0.1, -0.05) is 17.7 Å². The van der Waals surface area contributed by atoms with Crippen molar-refractivity contribution in [2.24, 2.45) is 5.73 Å². The topological polar surface area (TPSA) is 55.0 Å². The average Bonchev–Trinajstić information content (AvgIpc) is 2.84. The summed E-state index contributed by atoms with van der Waals surface area (Å²) < 4.78 is 0. The maximum absolute atomic E-state index is 6.07. The molecule has 0 spiro atoms. The minimum atomic E-state index is 0.241. The van der Waals surface area contributed by atoms with Crippen molar-refractivity contribution >= 4 is 5.95 Å². The molecule has 1 unspecified atom stereocenters. The van der Waals surface area contributed by atoms with E-state index in [0.29, 0.717) is 0 Å². The first-order valence-corrected chi connectivity index (χ1v) is 7.67. The van der Waals surface area contributed by atoms with E-state index in [1.807, 2.05) is 6.20 Å². The van der Waals surface area contributed by atoms with Crippen LogP contribution in [-0.2, 0) is 6.42 Å². The molecular formula is C17H20N4. The molecule has 0 amide bonds. The second-order valence-corrected chi connectivity index (χ2v) is 6.23. The number of rotatable bonds is 1. The van der Waals surface area contributed by atoms with Crippen molar-refractivity contribution < 1.29 is 0 Å². The molecule has 0 bridgehead atoms. The van der Waals surface area contributed by atoms with E-state index in [1.165, 1.54) is 22.3 Å². The summed E-state index contributed by atoms with van der Waals surface area (Å²) >= 11 is 0. The molecule has 1 saturated heterocycles. The third kappa shape index (κ3) is 2.20. The number of benzene rings is 1. The molecule has 21 heavy (non-hydrogen) atoms. The zero-order valence-electron chi connectivity index (χ0n) is 12.3. The van der Waals surface area contributed by atoms with Crippen LogP contribution in [0.2, 0.25) is 0 Å². The molecule has 2 heterocycles. The summed E-state index contributed by atoms with van der Waals surface area (Å²) in [5, 5.41) is 0. The fraction of sp³-hybridized carbons (Fsp3) is 0.412. The molecule has 2 aliphatic rings.